The van der Waals surface area contributed by atoms with Crippen molar-refractivity contribution < 1.29 is 22.7 Å². The van der Waals surface area contributed by atoms with Gasteiger partial charge in [0.05, 0.1) is 20.8 Å². The second kappa shape index (κ2) is 11.4. The molecule has 17 heteroatoms. The first-order valence-electron chi connectivity index (χ1n) is 16.1. The summed E-state index contributed by atoms with van der Waals surface area (Å²) in [7, 11) is 0. The van der Waals surface area contributed by atoms with Gasteiger partial charge in [-0.15, -0.1) is 0 Å². The molecular formula is C32H30ClF3N10O2S. The number of rotatable bonds is 6. The van der Waals surface area contributed by atoms with Crippen molar-refractivity contribution in [2.45, 2.75) is 43.4 Å². The van der Waals surface area contributed by atoms with Crippen LogP contribution in [0.5, 0.6) is 6.01 Å². The SMILES string of the molecule is Nc1nc2c(-c3c(Cl)cc4c(NC5CC6CN(C(=O)n7cncn7)CC65)nc(OC[C@@]56CCCN5C[C@H](F)C6)nc4c3F)ccc(F)c2s1. The number of anilines is 2. The highest BCUT2D eigenvalue weighted by Crippen LogP contribution is 2.46. The normalized spacial score (nSPS) is 26.3. The van der Waals surface area contributed by atoms with Gasteiger partial charge in [-0.3, -0.25) is 4.90 Å². The van der Waals surface area contributed by atoms with E-state index >= 15 is 4.39 Å². The van der Waals surface area contributed by atoms with Crippen LogP contribution in [0.3, 0.4) is 0 Å². The summed E-state index contributed by atoms with van der Waals surface area (Å²) in [5.41, 5.74) is 5.86. The lowest BCUT2D eigenvalue weighted by molar-refractivity contribution is 0.107. The Morgan fingerprint density at radius 1 is 1.18 bits per heavy atom. The molecule has 0 bridgehead atoms. The van der Waals surface area contributed by atoms with E-state index < -0.39 is 23.3 Å². The summed E-state index contributed by atoms with van der Waals surface area (Å²) >= 11 is 7.76. The number of hydrogen-bond acceptors (Lipinski definition) is 11. The number of amides is 1. The maximum absolute atomic E-state index is 16.8. The first-order valence-corrected chi connectivity index (χ1v) is 17.3. The van der Waals surface area contributed by atoms with Crippen LogP contribution in [0.4, 0.5) is 28.9 Å². The minimum atomic E-state index is -0.943. The zero-order valence-electron chi connectivity index (χ0n) is 26.0. The molecule has 0 spiro atoms. The molecule has 4 aliphatic rings. The molecule has 2 aromatic carbocycles. The van der Waals surface area contributed by atoms with E-state index in [-0.39, 0.29) is 73.5 Å². The van der Waals surface area contributed by atoms with Crippen LogP contribution in [0.1, 0.15) is 25.7 Å². The van der Waals surface area contributed by atoms with Gasteiger partial charge in [0.25, 0.3) is 0 Å². The van der Waals surface area contributed by atoms with Gasteiger partial charge < -0.3 is 20.7 Å². The van der Waals surface area contributed by atoms with Gasteiger partial charge in [0, 0.05) is 54.5 Å². The van der Waals surface area contributed by atoms with Gasteiger partial charge in [0.1, 0.15) is 42.6 Å². The van der Waals surface area contributed by atoms with E-state index in [4.69, 9.17) is 27.1 Å². The Balaban J connectivity index is 1.09. The molecule has 5 atom stereocenters. The molecule has 0 radical (unpaired) electrons. The Hall–Kier alpha value is -4.28. The topological polar surface area (TPSA) is 140 Å². The number of carbonyl (C=O) groups is 1. The molecule has 1 amide bonds. The minimum Gasteiger partial charge on any atom is -0.461 e. The van der Waals surface area contributed by atoms with Gasteiger partial charge in [-0.05, 0) is 49.9 Å². The number of fused-ring (bicyclic) bond motifs is 4. The lowest BCUT2D eigenvalue weighted by Crippen LogP contribution is -2.46. The van der Waals surface area contributed by atoms with Crippen molar-refractivity contribution >= 4 is 61.0 Å². The second-order valence-electron chi connectivity index (χ2n) is 13.4. The summed E-state index contributed by atoms with van der Waals surface area (Å²) in [5.74, 6) is -0.551. The van der Waals surface area contributed by atoms with E-state index in [1.807, 2.05) is 0 Å². The lowest BCUT2D eigenvalue weighted by atomic mass is 9.71. The standard InChI is InChI=1S/C32H30ClF3N10O2S/c33-20-7-18-25(24(36)23(20)17-2-3-21(35)27-26(17)41-29(37)49-27)42-30(48-12-32-4-1-5-45(32)10-16(34)8-32)43-28(18)40-22-6-15-9-44(11-19(15)22)31(47)46-14-38-13-39-46/h2-3,7,13-16,19,22H,1,4-6,8-12H2,(H2,37,41)(H,40,42,43)/t15?,16-,19?,22?,32+/m1/s1. The number of nitrogens with one attached hydrogen (secondary N) is 1. The average Bonchev–Trinajstić information content (AvgIpc) is 3.89. The monoisotopic (exact) mass is 710 g/mol. The van der Waals surface area contributed by atoms with Crippen LogP contribution in [0.25, 0.3) is 32.2 Å². The number of aromatic nitrogens is 6. The number of alkyl halides is 1. The average molecular weight is 711 g/mol. The van der Waals surface area contributed by atoms with Crippen molar-refractivity contribution in [2.24, 2.45) is 11.8 Å². The third-order valence-electron chi connectivity index (χ3n) is 10.6. The Morgan fingerprint density at radius 2 is 2.06 bits per heavy atom. The molecule has 254 valence electrons. The first-order chi connectivity index (χ1) is 23.7. The van der Waals surface area contributed by atoms with Crippen molar-refractivity contribution in [1.82, 2.24) is 39.5 Å². The Bertz CT molecular complexity index is 2140. The Kier molecular flexibility index (Phi) is 7.14. The smallest absolute Gasteiger partial charge is 0.346 e. The van der Waals surface area contributed by atoms with E-state index in [0.29, 0.717) is 37.3 Å². The fourth-order valence-corrected chi connectivity index (χ4v) is 9.35. The third kappa shape index (κ3) is 4.97. The number of thiazole rings is 1. The zero-order valence-corrected chi connectivity index (χ0v) is 27.5. The molecule has 9 rings (SSSR count). The maximum Gasteiger partial charge on any atom is 0.346 e. The molecule has 4 fully saturated rings. The maximum atomic E-state index is 16.8. The van der Waals surface area contributed by atoms with Gasteiger partial charge in [0.15, 0.2) is 10.9 Å². The van der Waals surface area contributed by atoms with E-state index in [1.54, 1.807) is 11.0 Å². The quantitative estimate of drug-likeness (QED) is 0.237. The van der Waals surface area contributed by atoms with Gasteiger partial charge in [-0.1, -0.05) is 22.9 Å². The summed E-state index contributed by atoms with van der Waals surface area (Å²) in [5, 5.41) is 7.98. The molecule has 3 N–H and O–H groups in total. The zero-order chi connectivity index (χ0) is 33.6. The van der Waals surface area contributed by atoms with Crippen LogP contribution in [0.15, 0.2) is 30.9 Å². The number of ether oxygens (including phenoxy) is 1. The number of nitrogen functional groups attached to an aromatic ring is 1. The molecule has 1 aliphatic carbocycles. The molecule has 1 saturated carbocycles. The molecule has 3 aliphatic heterocycles. The minimum absolute atomic E-state index is 0.00143. The predicted octanol–water partition coefficient (Wildman–Crippen LogP) is 5.37. The van der Waals surface area contributed by atoms with Crippen LogP contribution in [0.2, 0.25) is 5.02 Å². The number of halogens is 4. The van der Waals surface area contributed by atoms with E-state index in [9.17, 15) is 13.6 Å². The molecular weight excluding hydrogens is 681 g/mol. The van der Waals surface area contributed by atoms with Crippen molar-refractivity contribution in [3.63, 3.8) is 0 Å². The largest absolute Gasteiger partial charge is 0.461 e. The van der Waals surface area contributed by atoms with Crippen molar-refractivity contribution in [3.8, 4) is 17.1 Å². The highest BCUT2D eigenvalue weighted by atomic mass is 35.5. The number of nitrogens with zero attached hydrogens (tertiary/aromatic N) is 8. The van der Waals surface area contributed by atoms with Crippen molar-refractivity contribution in [2.75, 3.05) is 43.8 Å². The van der Waals surface area contributed by atoms with Gasteiger partial charge in [-0.25, -0.2) is 27.9 Å². The number of carbonyl (C=O) groups excluding carboxylic acids is 1. The number of nitrogens with two attached hydrogens (primary N) is 1. The van der Waals surface area contributed by atoms with Crippen molar-refractivity contribution in [1.29, 1.82) is 0 Å². The first kappa shape index (κ1) is 30.8. The van der Waals surface area contributed by atoms with Gasteiger partial charge in [0.2, 0.25) is 0 Å². The van der Waals surface area contributed by atoms with Crippen molar-refractivity contribution in [3.05, 3.63) is 47.5 Å². The molecule has 12 nitrogen and oxygen atoms in total. The molecule has 6 heterocycles. The summed E-state index contributed by atoms with van der Waals surface area (Å²) in [6.45, 7) is 2.40. The van der Waals surface area contributed by atoms with Gasteiger partial charge >= 0.3 is 12.0 Å². The number of hydrogen-bond donors (Lipinski definition) is 2. The van der Waals surface area contributed by atoms with Gasteiger partial charge in [-0.2, -0.15) is 19.7 Å². The lowest BCUT2D eigenvalue weighted by Gasteiger charge is -2.40. The Labute approximate surface area is 286 Å². The third-order valence-corrected chi connectivity index (χ3v) is 11.8. The summed E-state index contributed by atoms with van der Waals surface area (Å²) in [4.78, 5) is 34.2. The van der Waals surface area contributed by atoms with Crippen LogP contribution in [-0.2, 0) is 0 Å². The van der Waals surface area contributed by atoms with Crippen LogP contribution in [0, 0.1) is 23.5 Å². The number of benzene rings is 2. The fraction of sp³-hybridized carbons (Fsp3) is 0.438. The summed E-state index contributed by atoms with van der Waals surface area (Å²) < 4.78 is 53.6. The van der Waals surface area contributed by atoms with E-state index in [1.165, 1.54) is 29.5 Å². The van der Waals surface area contributed by atoms with E-state index in [2.05, 4.69) is 30.3 Å². The van der Waals surface area contributed by atoms with Crippen LogP contribution in [-0.4, -0.2) is 96.1 Å². The number of likely N-dealkylation sites (tertiary alicyclic amines) is 1. The fourth-order valence-electron chi connectivity index (χ4n) is 8.29. The van der Waals surface area contributed by atoms with Crippen LogP contribution < -0.4 is 15.8 Å². The second-order valence-corrected chi connectivity index (χ2v) is 14.9. The van der Waals surface area contributed by atoms with E-state index in [0.717, 1.165) is 37.1 Å². The molecule has 3 saturated heterocycles. The molecule has 3 unspecified atom stereocenters. The summed E-state index contributed by atoms with van der Waals surface area (Å²) in [6, 6.07) is 3.86. The predicted molar refractivity (Wildman–Crippen MR) is 177 cm³/mol. The highest BCUT2D eigenvalue weighted by molar-refractivity contribution is 7.22. The highest BCUT2D eigenvalue weighted by Gasteiger charge is 2.50. The van der Waals surface area contributed by atoms with Crippen LogP contribution >= 0.6 is 22.9 Å². The summed E-state index contributed by atoms with van der Waals surface area (Å²) in [6.07, 6.45) is 4.59. The molecule has 49 heavy (non-hydrogen) atoms. The Morgan fingerprint density at radius 3 is 2.90 bits per heavy atom. The molecule has 5 aromatic rings. The molecule has 3 aromatic heterocycles.